The number of carbonyl (C=O) groups excluding carboxylic acids is 2. The molecular weight excluding hydrogens is 707 g/mol. The Hall–Kier alpha value is -5.66. The number of aliphatic hydroxyl groups excluding tert-OH is 1. The van der Waals surface area contributed by atoms with Gasteiger partial charge in [-0.05, 0) is 64.6 Å². The predicted molar refractivity (Wildman–Crippen MR) is 216 cm³/mol. The standard InChI is InChI=1S/C44H49N7O5/c45-38-11-1-2-12-39(38)49-42(54)14-5-13-41(53)48-28-32-7-3-8-34(25-32)35-9-4-10-36(26-35)43-55-37(27-40(56-43)33-17-15-31(30-52)16-18-33)29-50-21-23-51(24-22-50)44-46-19-6-20-47-44/h1-4,6-12,15-20,25-26,37,40,43,52H,5,13-14,21-24,27-30,45H2,(H,48,53)(H,49,54). The number of amides is 2. The lowest BCUT2D eigenvalue weighted by Crippen LogP contribution is -2.50. The maximum absolute atomic E-state index is 12.7. The molecule has 3 unspecified atom stereocenters. The van der Waals surface area contributed by atoms with Gasteiger partial charge in [0.1, 0.15) is 0 Å². The van der Waals surface area contributed by atoms with E-state index < -0.39 is 6.29 Å². The second-order valence-electron chi connectivity index (χ2n) is 14.3. The first-order valence-corrected chi connectivity index (χ1v) is 19.3. The van der Waals surface area contributed by atoms with Gasteiger partial charge in [-0.25, -0.2) is 9.97 Å². The Kier molecular flexibility index (Phi) is 13.0. The number of aromatic nitrogens is 2. The molecule has 3 heterocycles. The number of para-hydroxylation sites is 2. The van der Waals surface area contributed by atoms with Crippen LogP contribution < -0.4 is 21.3 Å². The highest BCUT2D eigenvalue weighted by molar-refractivity contribution is 5.94. The molecular formula is C44H49N7O5. The minimum absolute atomic E-state index is 0.00721. The largest absolute Gasteiger partial charge is 0.397 e. The molecule has 12 nitrogen and oxygen atoms in total. The predicted octanol–water partition coefficient (Wildman–Crippen LogP) is 6.01. The normalized spacial score (nSPS) is 18.7. The lowest BCUT2D eigenvalue weighted by Gasteiger charge is -2.40. The molecule has 2 fully saturated rings. The Labute approximate surface area is 327 Å². The van der Waals surface area contributed by atoms with Crippen LogP contribution in [0.4, 0.5) is 17.3 Å². The van der Waals surface area contributed by atoms with Crippen molar-refractivity contribution >= 4 is 29.1 Å². The van der Waals surface area contributed by atoms with Crippen LogP contribution in [0.3, 0.4) is 0 Å². The summed E-state index contributed by atoms with van der Waals surface area (Å²) < 4.78 is 13.4. The Morgan fingerprint density at radius 3 is 2.27 bits per heavy atom. The molecule has 7 rings (SSSR count). The van der Waals surface area contributed by atoms with E-state index in [-0.39, 0.29) is 43.5 Å². The van der Waals surface area contributed by atoms with Crippen molar-refractivity contribution in [3.63, 3.8) is 0 Å². The summed E-state index contributed by atoms with van der Waals surface area (Å²) in [5, 5.41) is 15.4. The third-order valence-electron chi connectivity index (χ3n) is 10.2. The number of aliphatic hydroxyl groups is 1. The first kappa shape index (κ1) is 38.6. The molecule has 0 aliphatic carbocycles. The molecule has 0 saturated carbocycles. The van der Waals surface area contributed by atoms with Crippen molar-refractivity contribution in [2.75, 3.05) is 48.7 Å². The van der Waals surface area contributed by atoms with E-state index in [9.17, 15) is 14.7 Å². The molecule has 1 aromatic heterocycles. The van der Waals surface area contributed by atoms with Crippen molar-refractivity contribution in [1.29, 1.82) is 0 Å². The lowest BCUT2D eigenvalue weighted by molar-refractivity contribution is -0.253. The Balaban J connectivity index is 0.970. The fourth-order valence-electron chi connectivity index (χ4n) is 7.15. The Morgan fingerprint density at radius 2 is 1.50 bits per heavy atom. The monoisotopic (exact) mass is 755 g/mol. The van der Waals surface area contributed by atoms with Crippen molar-refractivity contribution in [2.24, 2.45) is 0 Å². The fraction of sp³-hybridized carbons (Fsp3) is 0.318. The van der Waals surface area contributed by atoms with Crippen molar-refractivity contribution in [3.05, 3.63) is 138 Å². The number of carbonyl (C=O) groups is 2. The number of piperazine rings is 1. The van der Waals surface area contributed by atoms with Gasteiger partial charge < -0.3 is 35.8 Å². The van der Waals surface area contributed by atoms with Crippen LogP contribution >= 0.6 is 0 Å². The van der Waals surface area contributed by atoms with Gasteiger partial charge in [0.2, 0.25) is 17.8 Å². The zero-order valence-electron chi connectivity index (χ0n) is 31.4. The molecule has 4 aromatic carbocycles. The SMILES string of the molecule is Nc1ccccc1NC(=O)CCCC(=O)NCc1cccc(-c2cccc(C3OC(CN4CCN(c5ncccn5)CC4)CC(c4ccc(CO)cc4)O3)c2)c1. The molecule has 2 aliphatic heterocycles. The maximum atomic E-state index is 12.7. The van der Waals surface area contributed by atoms with E-state index in [1.807, 2.05) is 66.7 Å². The van der Waals surface area contributed by atoms with Crippen molar-refractivity contribution in [3.8, 4) is 11.1 Å². The zero-order chi connectivity index (χ0) is 38.7. The van der Waals surface area contributed by atoms with Gasteiger partial charge in [-0.2, -0.15) is 0 Å². The molecule has 5 N–H and O–H groups in total. The number of nitrogens with one attached hydrogen (secondary N) is 2. The number of rotatable bonds is 14. The van der Waals surface area contributed by atoms with Crippen LogP contribution in [0.25, 0.3) is 11.1 Å². The van der Waals surface area contributed by atoms with E-state index in [0.29, 0.717) is 30.8 Å². The second-order valence-corrected chi connectivity index (χ2v) is 14.3. The summed E-state index contributed by atoms with van der Waals surface area (Å²) >= 11 is 0. The summed E-state index contributed by atoms with van der Waals surface area (Å²) in [6.07, 6.45) is 4.34. The Morgan fingerprint density at radius 1 is 0.768 bits per heavy atom. The minimum atomic E-state index is -0.579. The van der Waals surface area contributed by atoms with Gasteiger partial charge in [0.05, 0.1) is 30.2 Å². The highest BCUT2D eigenvalue weighted by Crippen LogP contribution is 2.39. The van der Waals surface area contributed by atoms with E-state index in [1.54, 1.807) is 24.5 Å². The average molecular weight is 756 g/mol. The van der Waals surface area contributed by atoms with E-state index >= 15 is 0 Å². The molecule has 290 valence electrons. The van der Waals surface area contributed by atoms with Gasteiger partial charge in [-0.3, -0.25) is 14.5 Å². The molecule has 5 aromatic rings. The lowest BCUT2D eigenvalue weighted by atomic mass is 9.98. The first-order chi connectivity index (χ1) is 27.4. The van der Waals surface area contributed by atoms with E-state index in [4.69, 9.17) is 15.2 Å². The van der Waals surface area contributed by atoms with Gasteiger partial charge in [0.15, 0.2) is 6.29 Å². The number of nitrogens with zero attached hydrogens (tertiary/aromatic N) is 4. The van der Waals surface area contributed by atoms with E-state index in [0.717, 1.165) is 72.1 Å². The van der Waals surface area contributed by atoms with Crippen molar-refractivity contribution < 1.29 is 24.2 Å². The number of hydrogen-bond acceptors (Lipinski definition) is 10. The zero-order valence-corrected chi connectivity index (χ0v) is 31.4. The van der Waals surface area contributed by atoms with Crippen LogP contribution in [0.15, 0.2) is 116 Å². The maximum Gasteiger partial charge on any atom is 0.225 e. The van der Waals surface area contributed by atoms with E-state index in [2.05, 4.69) is 54.7 Å². The third kappa shape index (κ3) is 10.3. The van der Waals surface area contributed by atoms with Crippen LogP contribution in [0.2, 0.25) is 0 Å². The van der Waals surface area contributed by atoms with Gasteiger partial charge in [0, 0.05) is 76.5 Å². The fourth-order valence-corrected chi connectivity index (χ4v) is 7.15. The molecule has 0 radical (unpaired) electrons. The number of anilines is 3. The molecule has 12 heteroatoms. The number of nitrogen functional groups attached to an aromatic ring is 1. The van der Waals surface area contributed by atoms with Crippen LogP contribution in [-0.2, 0) is 32.2 Å². The highest BCUT2D eigenvalue weighted by Gasteiger charge is 2.34. The molecule has 0 bridgehead atoms. The van der Waals surface area contributed by atoms with Crippen LogP contribution in [0.5, 0.6) is 0 Å². The minimum Gasteiger partial charge on any atom is -0.397 e. The van der Waals surface area contributed by atoms with Crippen LogP contribution in [0, 0.1) is 0 Å². The molecule has 2 aliphatic rings. The second kappa shape index (κ2) is 18.8. The summed E-state index contributed by atoms with van der Waals surface area (Å²) in [5.74, 6) is 0.476. The quantitative estimate of drug-likeness (QED) is 0.0991. The molecule has 2 saturated heterocycles. The van der Waals surface area contributed by atoms with E-state index in [1.165, 1.54) is 0 Å². The summed E-state index contributed by atoms with van der Waals surface area (Å²) in [6, 6.07) is 33.3. The van der Waals surface area contributed by atoms with Crippen molar-refractivity contribution in [1.82, 2.24) is 20.2 Å². The smallest absolute Gasteiger partial charge is 0.225 e. The van der Waals surface area contributed by atoms with Gasteiger partial charge in [-0.1, -0.05) is 72.8 Å². The van der Waals surface area contributed by atoms with Gasteiger partial charge in [0.25, 0.3) is 0 Å². The number of hydrogen-bond donors (Lipinski definition) is 4. The summed E-state index contributed by atoms with van der Waals surface area (Å²) in [6.45, 7) is 4.60. The average Bonchev–Trinajstić information content (AvgIpc) is 3.24. The van der Waals surface area contributed by atoms with Gasteiger partial charge >= 0.3 is 0 Å². The van der Waals surface area contributed by atoms with Crippen molar-refractivity contribution in [2.45, 2.75) is 57.3 Å². The third-order valence-corrected chi connectivity index (χ3v) is 10.2. The number of nitrogens with two attached hydrogens (primary N) is 1. The van der Waals surface area contributed by atoms with Gasteiger partial charge in [-0.15, -0.1) is 0 Å². The Bertz CT molecular complexity index is 2060. The first-order valence-electron chi connectivity index (χ1n) is 19.3. The highest BCUT2D eigenvalue weighted by atomic mass is 16.7. The summed E-state index contributed by atoms with van der Waals surface area (Å²) in [5.41, 5.74) is 12.8. The summed E-state index contributed by atoms with van der Waals surface area (Å²) in [7, 11) is 0. The molecule has 2 amide bonds. The number of ether oxygens (including phenoxy) is 2. The molecule has 3 atom stereocenters. The van der Waals surface area contributed by atoms with Crippen LogP contribution in [-0.4, -0.2) is 70.6 Å². The number of benzene rings is 4. The van der Waals surface area contributed by atoms with Crippen LogP contribution in [0.1, 0.15) is 60.3 Å². The summed E-state index contributed by atoms with van der Waals surface area (Å²) in [4.78, 5) is 38.5. The topological polar surface area (TPSA) is 155 Å². The molecule has 0 spiro atoms. The molecule has 56 heavy (non-hydrogen) atoms.